The van der Waals surface area contributed by atoms with Crippen molar-refractivity contribution in [2.45, 2.75) is 187 Å². The fourth-order valence-electron chi connectivity index (χ4n) is 5.02. The summed E-state index contributed by atoms with van der Waals surface area (Å²) in [6.07, 6.45) is 32.0. The standard InChI is InChI=1S/C33H65NO4/c1-3-5-7-9-11-13-15-16-17-18-19-21-23-25-27-29-38-32(35)30-31(33(36)37)34-28-26-24-22-20-14-12-10-8-6-4-2/h31,34H,3-30H2,1-2H3,(H,36,37). The predicted octanol–water partition coefficient (Wildman–Crippen LogP) is 9.75. The first kappa shape index (κ1) is 36.9. The van der Waals surface area contributed by atoms with Crippen LogP contribution in [0.2, 0.25) is 0 Å². The lowest BCUT2D eigenvalue weighted by molar-refractivity contribution is -0.149. The first-order valence-corrected chi connectivity index (χ1v) is 16.7. The van der Waals surface area contributed by atoms with Crippen LogP contribution in [0.4, 0.5) is 0 Å². The van der Waals surface area contributed by atoms with Crippen LogP contribution in [-0.4, -0.2) is 36.2 Å². The third-order valence-corrected chi connectivity index (χ3v) is 7.60. The van der Waals surface area contributed by atoms with E-state index in [0.717, 1.165) is 25.7 Å². The van der Waals surface area contributed by atoms with Crippen LogP contribution in [0.3, 0.4) is 0 Å². The highest BCUT2D eigenvalue weighted by Gasteiger charge is 2.21. The molecule has 0 aliphatic heterocycles. The Hall–Kier alpha value is -1.10. The number of esters is 1. The lowest BCUT2D eigenvalue weighted by Gasteiger charge is -2.14. The molecule has 0 saturated heterocycles. The molecule has 0 bridgehead atoms. The van der Waals surface area contributed by atoms with E-state index in [2.05, 4.69) is 19.2 Å². The number of carboxylic acids is 1. The molecule has 0 aliphatic carbocycles. The maximum Gasteiger partial charge on any atom is 0.321 e. The molecular formula is C33H65NO4. The van der Waals surface area contributed by atoms with Crippen LogP contribution in [0.15, 0.2) is 0 Å². The monoisotopic (exact) mass is 539 g/mol. The molecule has 0 radical (unpaired) electrons. The van der Waals surface area contributed by atoms with Gasteiger partial charge in [-0.15, -0.1) is 0 Å². The molecule has 0 amide bonds. The zero-order valence-electron chi connectivity index (χ0n) is 25.5. The molecule has 0 heterocycles. The second kappa shape index (κ2) is 30.4. The highest BCUT2D eigenvalue weighted by atomic mass is 16.5. The molecule has 0 rings (SSSR count). The Balaban J connectivity index is 3.52. The van der Waals surface area contributed by atoms with Crippen LogP contribution in [0, 0.1) is 0 Å². The van der Waals surface area contributed by atoms with Crippen molar-refractivity contribution in [1.82, 2.24) is 5.32 Å². The number of nitrogens with one attached hydrogen (secondary N) is 1. The van der Waals surface area contributed by atoms with Gasteiger partial charge < -0.3 is 15.2 Å². The third kappa shape index (κ3) is 27.9. The molecule has 0 saturated carbocycles. The fraction of sp³-hybridized carbons (Fsp3) is 0.939. The van der Waals surface area contributed by atoms with Crippen LogP contribution in [0.1, 0.15) is 181 Å². The average molecular weight is 540 g/mol. The summed E-state index contributed by atoms with van der Waals surface area (Å²) in [6, 6.07) is -0.845. The highest BCUT2D eigenvalue weighted by molar-refractivity contribution is 5.81. The van der Waals surface area contributed by atoms with E-state index in [4.69, 9.17) is 4.74 Å². The van der Waals surface area contributed by atoms with Crippen molar-refractivity contribution in [2.75, 3.05) is 13.2 Å². The Morgan fingerprint density at radius 1 is 0.553 bits per heavy atom. The van der Waals surface area contributed by atoms with Crippen LogP contribution >= 0.6 is 0 Å². The number of hydrogen-bond donors (Lipinski definition) is 2. The van der Waals surface area contributed by atoms with Crippen LogP contribution in [0.5, 0.6) is 0 Å². The average Bonchev–Trinajstić information content (AvgIpc) is 2.90. The smallest absolute Gasteiger partial charge is 0.321 e. The zero-order chi connectivity index (χ0) is 27.9. The van der Waals surface area contributed by atoms with Crippen LogP contribution in [0.25, 0.3) is 0 Å². The van der Waals surface area contributed by atoms with Gasteiger partial charge in [0.2, 0.25) is 0 Å². The van der Waals surface area contributed by atoms with E-state index in [1.807, 2.05) is 0 Å². The number of carbonyl (C=O) groups excluding carboxylic acids is 1. The van der Waals surface area contributed by atoms with Crippen LogP contribution < -0.4 is 5.32 Å². The molecule has 1 atom stereocenters. The molecule has 226 valence electrons. The van der Waals surface area contributed by atoms with E-state index < -0.39 is 18.0 Å². The second-order valence-electron chi connectivity index (χ2n) is 11.4. The lowest BCUT2D eigenvalue weighted by Crippen LogP contribution is -2.39. The largest absolute Gasteiger partial charge is 0.480 e. The predicted molar refractivity (Wildman–Crippen MR) is 162 cm³/mol. The van der Waals surface area contributed by atoms with E-state index in [9.17, 15) is 14.7 Å². The van der Waals surface area contributed by atoms with E-state index in [-0.39, 0.29) is 6.42 Å². The Morgan fingerprint density at radius 2 is 0.895 bits per heavy atom. The topological polar surface area (TPSA) is 75.6 Å². The minimum Gasteiger partial charge on any atom is -0.480 e. The summed E-state index contributed by atoms with van der Waals surface area (Å²) >= 11 is 0. The third-order valence-electron chi connectivity index (χ3n) is 7.60. The Kier molecular flexibility index (Phi) is 29.6. The normalized spacial score (nSPS) is 12.1. The summed E-state index contributed by atoms with van der Waals surface area (Å²) in [5, 5.41) is 12.5. The molecular weight excluding hydrogens is 474 g/mol. The van der Waals surface area contributed by atoms with Crippen molar-refractivity contribution in [2.24, 2.45) is 0 Å². The van der Waals surface area contributed by atoms with Crippen molar-refractivity contribution in [3.05, 3.63) is 0 Å². The zero-order valence-corrected chi connectivity index (χ0v) is 25.5. The summed E-state index contributed by atoms with van der Waals surface area (Å²) < 4.78 is 5.30. The van der Waals surface area contributed by atoms with Crippen LogP contribution in [-0.2, 0) is 14.3 Å². The SMILES string of the molecule is CCCCCCCCCCCCCCCCCOC(=O)CC(NCCCCCCCCCCCC)C(=O)O. The van der Waals surface area contributed by atoms with Gasteiger partial charge in [0.1, 0.15) is 6.04 Å². The lowest BCUT2D eigenvalue weighted by atomic mass is 10.0. The van der Waals surface area contributed by atoms with Gasteiger partial charge in [-0.2, -0.15) is 0 Å². The van der Waals surface area contributed by atoms with Crippen molar-refractivity contribution < 1.29 is 19.4 Å². The van der Waals surface area contributed by atoms with E-state index in [1.54, 1.807) is 0 Å². The Morgan fingerprint density at radius 3 is 1.26 bits per heavy atom. The maximum atomic E-state index is 12.1. The van der Waals surface area contributed by atoms with E-state index in [0.29, 0.717) is 13.2 Å². The number of carbonyl (C=O) groups is 2. The molecule has 0 spiro atoms. The molecule has 2 N–H and O–H groups in total. The summed E-state index contributed by atoms with van der Waals surface area (Å²) in [5.41, 5.74) is 0. The first-order chi connectivity index (χ1) is 18.6. The summed E-state index contributed by atoms with van der Waals surface area (Å²) in [5.74, 6) is -1.38. The number of aliphatic carboxylic acids is 1. The summed E-state index contributed by atoms with van der Waals surface area (Å²) in [6.45, 7) is 5.56. The summed E-state index contributed by atoms with van der Waals surface area (Å²) in [7, 11) is 0. The van der Waals surface area contributed by atoms with Gasteiger partial charge in [-0.1, -0.05) is 162 Å². The molecule has 5 nitrogen and oxygen atoms in total. The van der Waals surface area contributed by atoms with Gasteiger partial charge in [0, 0.05) is 0 Å². The van der Waals surface area contributed by atoms with Gasteiger partial charge >= 0.3 is 11.9 Å². The van der Waals surface area contributed by atoms with Gasteiger partial charge in [0.15, 0.2) is 0 Å². The van der Waals surface area contributed by atoms with Gasteiger partial charge in [-0.25, -0.2) is 0 Å². The van der Waals surface area contributed by atoms with Crippen molar-refractivity contribution in [1.29, 1.82) is 0 Å². The van der Waals surface area contributed by atoms with Crippen molar-refractivity contribution in [3.63, 3.8) is 0 Å². The van der Waals surface area contributed by atoms with Gasteiger partial charge in [0.05, 0.1) is 13.0 Å². The molecule has 0 aromatic carbocycles. The minimum absolute atomic E-state index is 0.0914. The molecule has 0 fully saturated rings. The maximum absolute atomic E-state index is 12.1. The number of carboxylic acid groups (broad SMARTS) is 1. The molecule has 0 aromatic rings. The molecule has 1 unspecified atom stereocenters. The highest BCUT2D eigenvalue weighted by Crippen LogP contribution is 2.14. The Labute approximate surface area is 236 Å². The summed E-state index contributed by atoms with van der Waals surface area (Å²) in [4.78, 5) is 23.6. The van der Waals surface area contributed by atoms with Crippen molar-refractivity contribution in [3.8, 4) is 0 Å². The van der Waals surface area contributed by atoms with E-state index >= 15 is 0 Å². The second-order valence-corrected chi connectivity index (χ2v) is 11.4. The first-order valence-electron chi connectivity index (χ1n) is 16.7. The van der Waals surface area contributed by atoms with Crippen molar-refractivity contribution >= 4 is 11.9 Å². The van der Waals surface area contributed by atoms with E-state index in [1.165, 1.54) is 135 Å². The number of ether oxygens (including phenoxy) is 1. The molecule has 5 heteroatoms. The molecule has 38 heavy (non-hydrogen) atoms. The molecule has 0 aliphatic rings. The van der Waals surface area contributed by atoms with Gasteiger partial charge in [0.25, 0.3) is 0 Å². The number of unbranched alkanes of at least 4 members (excludes halogenated alkanes) is 23. The van der Waals surface area contributed by atoms with Gasteiger partial charge in [-0.05, 0) is 19.4 Å². The quantitative estimate of drug-likeness (QED) is 0.0677. The number of hydrogen-bond acceptors (Lipinski definition) is 4. The Bertz CT molecular complexity index is 511. The minimum atomic E-state index is -0.971. The van der Waals surface area contributed by atoms with Gasteiger partial charge in [-0.3, -0.25) is 9.59 Å². The number of rotatable bonds is 31. The molecule has 0 aromatic heterocycles. The fourth-order valence-corrected chi connectivity index (χ4v) is 5.02.